The number of nitrogens with one attached hydrogen (secondary N) is 1. The van der Waals surface area contributed by atoms with E-state index in [1.165, 1.54) is 42.6 Å². The highest BCUT2D eigenvalue weighted by molar-refractivity contribution is 5.94. The van der Waals surface area contributed by atoms with Crippen LogP contribution in [0.15, 0.2) is 42.5 Å². The Kier molecular flexibility index (Phi) is 7.45. The highest BCUT2D eigenvalue weighted by atomic mass is 16.5. The third-order valence-corrected chi connectivity index (χ3v) is 8.03. The number of nitrogens with zero attached hydrogens (tertiary/aromatic N) is 1. The Bertz CT molecular complexity index is 1000. The van der Waals surface area contributed by atoms with Gasteiger partial charge in [-0.3, -0.25) is 9.69 Å². The van der Waals surface area contributed by atoms with Crippen molar-refractivity contribution in [1.82, 2.24) is 10.2 Å². The Morgan fingerprint density at radius 1 is 1.09 bits per heavy atom. The molecule has 3 aliphatic rings. The van der Waals surface area contributed by atoms with Crippen LogP contribution in [-0.4, -0.2) is 49.3 Å². The van der Waals surface area contributed by atoms with Gasteiger partial charge in [0.05, 0.1) is 6.10 Å². The van der Waals surface area contributed by atoms with Gasteiger partial charge in [0.1, 0.15) is 12.4 Å². The molecule has 188 valence electrons. The second-order valence-electron chi connectivity index (χ2n) is 11.4. The summed E-state index contributed by atoms with van der Waals surface area (Å²) in [5, 5.41) is 3.25. The Labute approximate surface area is 210 Å². The summed E-state index contributed by atoms with van der Waals surface area (Å²) in [6.07, 6.45) is 7.84. The minimum atomic E-state index is -0.00577. The molecule has 0 aromatic heterocycles. The molecule has 0 saturated carbocycles. The molecule has 1 aliphatic carbocycles. The van der Waals surface area contributed by atoms with E-state index in [1.54, 1.807) is 0 Å². The van der Waals surface area contributed by atoms with Crippen LogP contribution in [0.4, 0.5) is 0 Å². The zero-order valence-corrected chi connectivity index (χ0v) is 21.4. The zero-order valence-electron chi connectivity index (χ0n) is 21.4. The van der Waals surface area contributed by atoms with Crippen molar-refractivity contribution in [2.24, 2.45) is 5.41 Å². The number of ether oxygens (including phenoxy) is 2. The van der Waals surface area contributed by atoms with Crippen molar-refractivity contribution in [3.05, 3.63) is 64.7 Å². The Morgan fingerprint density at radius 2 is 1.89 bits per heavy atom. The standard InChI is InChI=1S/C30H40N2O3/c1-30(2)13-15-32(16-14-30)20-22-5-6-25-19-26(10-7-24(25)18-22)31-29(33)23-8-11-27(12-9-23)35-21-28-4-3-17-34-28/h5-6,8-9,11-12,18,26,28H,3-4,7,10,13-17,19-21H2,1-2H3,(H,31,33)/t26-,28-/m0/s1. The fourth-order valence-corrected chi connectivity index (χ4v) is 5.54. The number of rotatable bonds is 7. The van der Waals surface area contributed by atoms with Crippen LogP contribution in [0, 0.1) is 5.41 Å². The van der Waals surface area contributed by atoms with Gasteiger partial charge in [-0.1, -0.05) is 32.0 Å². The van der Waals surface area contributed by atoms with Crippen LogP contribution >= 0.6 is 0 Å². The first-order chi connectivity index (χ1) is 16.9. The lowest BCUT2D eigenvalue weighted by Gasteiger charge is -2.37. The minimum Gasteiger partial charge on any atom is -0.491 e. The highest BCUT2D eigenvalue weighted by Crippen LogP contribution is 2.31. The zero-order chi connectivity index (χ0) is 24.3. The number of carbonyl (C=O) groups is 1. The minimum absolute atomic E-state index is 0.00577. The molecule has 2 atom stereocenters. The average molecular weight is 477 g/mol. The summed E-state index contributed by atoms with van der Waals surface area (Å²) in [5.41, 5.74) is 5.43. The van der Waals surface area contributed by atoms with Gasteiger partial charge in [-0.05, 0) is 104 Å². The first-order valence-electron chi connectivity index (χ1n) is 13.4. The Hall–Kier alpha value is -2.37. The molecule has 0 radical (unpaired) electrons. The predicted molar refractivity (Wildman–Crippen MR) is 139 cm³/mol. The molecular formula is C30H40N2O3. The van der Waals surface area contributed by atoms with Crippen LogP contribution < -0.4 is 10.1 Å². The lowest BCUT2D eigenvalue weighted by molar-refractivity contribution is 0.0679. The smallest absolute Gasteiger partial charge is 0.251 e. The molecule has 0 bridgehead atoms. The molecule has 2 heterocycles. The van der Waals surface area contributed by atoms with Crippen molar-refractivity contribution in [3.63, 3.8) is 0 Å². The second kappa shape index (κ2) is 10.7. The average Bonchev–Trinajstić information content (AvgIpc) is 3.38. The van der Waals surface area contributed by atoms with E-state index in [0.717, 1.165) is 51.0 Å². The van der Waals surface area contributed by atoms with E-state index in [0.29, 0.717) is 17.6 Å². The molecule has 5 rings (SSSR count). The van der Waals surface area contributed by atoms with E-state index < -0.39 is 0 Å². The number of hydrogen-bond donors (Lipinski definition) is 1. The van der Waals surface area contributed by atoms with Crippen LogP contribution in [0.1, 0.15) is 73.0 Å². The number of aryl methyl sites for hydroxylation is 1. The summed E-state index contributed by atoms with van der Waals surface area (Å²) >= 11 is 0. The molecule has 1 amide bonds. The fraction of sp³-hybridized carbons (Fsp3) is 0.567. The van der Waals surface area contributed by atoms with Crippen molar-refractivity contribution in [2.45, 2.75) is 77.5 Å². The molecule has 2 fully saturated rings. The highest BCUT2D eigenvalue weighted by Gasteiger charge is 2.26. The molecular weight excluding hydrogens is 436 g/mol. The van der Waals surface area contributed by atoms with Crippen molar-refractivity contribution < 1.29 is 14.3 Å². The maximum atomic E-state index is 12.8. The van der Waals surface area contributed by atoms with Crippen LogP contribution in [0.2, 0.25) is 0 Å². The van der Waals surface area contributed by atoms with E-state index in [-0.39, 0.29) is 18.1 Å². The lowest BCUT2D eigenvalue weighted by Crippen LogP contribution is -2.39. The van der Waals surface area contributed by atoms with Crippen LogP contribution in [0.25, 0.3) is 0 Å². The number of carbonyl (C=O) groups excluding carboxylic acids is 1. The largest absolute Gasteiger partial charge is 0.491 e. The van der Waals surface area contributed by atoms with Crippen molar-refractivity contribution in [1.29, 1.82) is 0 Å². The monoisotopic (exact) mass is 476 g/mol. The van der Waals surface area contributed by atoms with Crippen LogP contribution in [0.3, 0.4) is 0 Å². The molecule has 0 spiro atoms. The van der Waals surface area contributed by atoms with Gasteiger partial charge >= 0.3 is 0 Å². The molecule has 2 aromatic rings. The van der Waals surface area contributed by atoms with E-state index in [9.17, 15) is 4.79 Å². The van der Waals surface area contributed by atoms with Gasteiger partial charge < -0.3 is 14.8 Å². The van der Waals surface area contributed by atoms with Gasteiger partial charge in [0.25, 0.3) is 5.91 Å². The molecule has 2 saturated heterocycles. The molecule has 35 heavy (non-hydrogen) atoms. The third-order valence-electron chi connectivity index (χ3n) is 8.03. The normalized spacial score (nSPS) is 24.1. The van der Waals surface area contributed by atoms with Crippen molar-refractivity contribution >= 4 is 5.91 Å². The fourth-order valence-electron chi connectivity index (χ4n) is 5.54. The topological polar surface area (TPSA) is 50.8 Å². The number of benzene rings is 2. The van der Waals surface area contributed by atoms with Crippen molar-refractivity contribution in [3.8, 4) is 5.75 Å². The van der Waals surface area contributed by atoms with E-state index in [2.05, 4.69) is 42.3 Å². The molecule has 2 aromatic carbocycles. The Morgan fingerprint density at radius 3 is 2.63 bits per heavy atom. The summed E-state index contributed by atoms with van der Waals surface area (Å²) < 4.78 is 11.4. The van der Waals surface area contributed by atoms with E-state index >= 15 is 0 Å². The summed E-state index contributed by atoms with van der Waals surface area (Å²) in [4.78, 5) is 15.4. The number of fused-ring (bicyclic) bond motifs is 1. The molecule has 0 unspecified atom stereocenters. The van der Waals surface area contributed by atoms with Gasteiger partial charge in [0.2, 0.25) is 0 Å². The van der Waals surface area contributed by atoms with Gasteiger partial charge in [-0.25, -0.2) is 0 Å². The molecule has 5 nitrogen and oxygen atoms in total. The number of hydrogen-bond acceptors (Lipinski definition) is 4. The second-order valence-corrected chi connectivity index (χ2v) is 11.4. The van der Waals surface area contributed by atoms with Crippen LogP contribution in [0.5, 0.6) is 5.75 Å². The number of likely N-dealkylation sites (tertiary alicyclic amines) is 1. The van der Waals surface area contributed by atoms with Gasteiger partial charge in [0, 0.05) is 24.8 Å². The molecule has 5 heteroatoms. The van der Waals surface area contributed by atoms with Gasteiger partial charge in [-0.15, -0.1) is 0 Å². The summed E-state index contributed by atoms with van der Waals surface area (Å²) in [6.45, 7) is 9.62. The lowest BCUT2D eigenvalue weighted by atomic mass is 9.82. The molecule has 2 aliphatic heterocycles. The predicted octanol–water partition coefficient (Wildman–Crippen LogP) is 5.15. The third kappa shape index (κ3) is 6.45. The van der Waals surface area contributed by atoms with Crippen LogP contribution in [-0.2, 0) is 24.1 Å². The SMILES string of the molecule is CC1(C)CCN(Cc2ccc3c(c2)CC[C@H](NC(=O)c2ccc(OC[C@@H]4CCCO4)cc2)C3)CC1. The maximum absolute atomic E-state index is 12.8. The van der Waals surface area contributed by atoms with Gasteiger partial charge in [0.15, 0.2) is 0 Å². The summed E-state index contributed by atoms with van der Waals surface area (Å²) in [5.74, 6) is 0.779. The quantitative estimate of drug-likeness (QED) is 0.600. The number of amides is 1. The Balaban J connectivity index is 1.11. The van der Waals surface area contributed by atoms with Gasteiger partial charge in [-0.2, -0.15) is 0 Å². The summed E-state index contributed by atoms with van der Waals surface area (Å²) in [7, 11) is 0. The maximum Gasteiger partial charge on any atom is 0.251 e. The van der Waals surface area contributed by atoms with E-state index in [1.807, 2.05) is 24.3 Å². The molecule has 1 N–H and O–H groups in total. The van der Waals surface area contributed by atoms with Crippen molar-refractivity contribution in [2.75, 3.05) is 26.3 Å². The van der Waals surface area contributed by atoms with E-state index in [4.69, 9.17) is 9.47 Å². The first kappa shape index (κ1) is 24.3. The number of piperidine rings is 1. The first-order valence-corrected chi connectivity index (χ1v) is 13.4. The summed E-state index contributed by atoms with van der Waals surface area (Å²) in [6, 6.07) is 14.6.